The van der Waals surface area contributed by atoms with Crippen molar-refractivity contribution in [1.82, 2.24) is 10.2 Å². The van der Waals surface area contributed by atoms with E-state index >= 15 is 0 Å². The number of piperidine rings is 1. The van der Waals surface area contributed by atoms with Crippen LogP contribution in [0.4, 0.5) is 0 Å². The zero-order chi connectivity index (χ0) is 14.5. The fraction of sp³-hybridized carbons (Fsp3) is 0.867. The Labute approximate surface area is 116 Å². The third kappa shape index (κ3) is 4.84. The van der Waals surface area contributed by atoms with E-state index in [9.17, 15) is 9.59 Å². The average molecular weight is 268 g/mol. The molecule has 1 aliphatic heterocycles. The van der Waals surface area contributed by atoms with Crippen LogP contribution >= 0.6 is 0 Å². The molecule has 0 bridgehead atoms. The van der Waals surface area contributed by atoms with Gasteiger partial charge in [-0.15, -0.1) is 0 Å². The fourth-order valence-electron chi connectivity index (χ4n) is 2.44. The van der Waals surface area contributed by atoms with Crippen molar-refractivity contribution in [2.75, 3.05) is 13.6 Å². The third-order valence-electron chi connectivity index (χ3n) is 3.98. The molecular weight excluding hydrogens is 240 g/mol. The van der Waals surface area contributed by atoms with Crippen molar-refractivity contribution in [1.29, 1.82) is 0 Å². The molecule has 0 aromatic heterocycles. The molecule has 0 unspecified atom stereocenters. The van der Waals surface area contributed by atoms with Gasteiger partial charge in [-0.3, -0.25) is 9.59 Å². The number of likely N-dealkylation sites (N-methyl/N-ethyl adjacent to an activating group) is 1. The summed E-state index contributed by atoms with van der Waals surface area (Å²) < 4.78 is 0. The van der Waals surface area contributed by atoms with Crippen LogP contribution in [0.5, 0.6) is 0 Å². The van der Waals surface area contributed by atoms with Gasteiger partial charge in [-0.05, 0) is 12.8 Å². The number of nitrogens with one attached hydrogen (secondary N) is 1. The van der Waals surface area contributed by atoms with Crippen molar-refractivity contribution in [3.8, 4) is 0 Å². The lowest BCUT2D eigenvalue weighted by molar-refractivity contribution is -0.136. The molecule has 0 spiro atoms. The number of hydrogen-bond acceptors (Lipinski definition) is 2. The third-order valence-corrected chi connectivity index (χ3v) is 3.98. The molecule has 19 heavy (non-hydrogen) atoms. The predicted octanol–water partition coefficient (Wildman–Crippen LogP) is 2.33. The summed E-state index contributed by atoms with van der Waals surface area (Å²) in [5, 5.41) is 3.10. The van der Waals surface area contributed by atoms with E-state index in [-0.39, 0.29) is 23.3 Å². The van der Waals surface area contributed by atoms with Gasteiger partial charge < -0.3 is 10.2 Å². The Hall–Kier alpha value is -1.06. The normalized spacial score (nSPS) is 20.5. The summed E-state index contributed by atoms with van der Waals surface area (Å²) in [4.78, 5) is 25.4. The Morgan fingerprint density at radius 3 is 2.68 bits per heavy atom. The average Bonchev–Trinajstić information content (AvgIpc) is 2.34. The molecule has 110 valence electrons. The van der Waals surface area contributed by atoms with Gasteiger partial charge in [0.2, 0.25) is 11.8 Å². The van der Waals surface area contributed by atoms with E-state index in [1.165, 1.54) is 12.8 Å². The Balaban J connectivity index is 2.43. The van der Waals surface area contributed by atoms with Gasteiger partial charge in [0.1, 0.15) is 0 Å². The van der Waals surface area contributed by atoms with Crippen molar-refractivity contribution >= 4 is 11.8 Å². The molecular formula is C15H28N2O2. The largest absolute Gasteiger partial charge is 0.351 e. The van der Waals surface area contributed by atoms with Crippen LogP contribution in [0.2, 0.25) is 0 Å². The maximum Gasteiger partial charge on any atom is 0.225 e. The first kappa shape index (κ1) is 16.0. The summed E-state index contributed by atoms with van der Waals surface area (Å²) in [6, 6.07) is 0.112. The molecule has 0 radical (unpaired) electrons. The summed E-state index contributed by atoms with van der Waals surface area (Å²) in [6.07, 6.45) is 5.68. The minimum Gasteiger partial charge on any atom is -0.351 e. The van der Waals surface area contributed by atoms with Crippen molar-refractivity contribution in [3.05, 3.63) is 0 Å². The van der Waals surface area contributed by atoms with E-state index in [0.29, 0.717) is 13.0 Å². The topological polar surface area (TPSA) is 49.4 Å². The van der Waals surface area contributed by atoms with Crippen LogP contribution in [-0.4, -0.2) is 36.3 Å². The zero-order valence-corrected chi connectivity index (χ0v) is 12.8. The van der Waals surface area contributed by atoms with Crippen LogP contribution in [0.1, 0.15) is 59.3 Å². The monoisotopic (exact) mass is 268 g/mol. The summed E-state index contributed by atoms with van der Waals surface area (Å²) in [6.45, 7) is 6.82. The van der Waals surface area contributed by atoms with Crippen LogP contribution in [0, 0.1) is 5.41 Å². The predicted molar refractivity (Wildman–Crippen MR) is 76.7 cm³/mol. The minimum absolute atomic E-state index is 0.112. The highest BCUT2D eigenvalue weighted by molar-refractivity contribution is 5.82. The van der Waals surface area contributed by atoms with Crippen LogP contribution < -0.4 is 5.32 Å². The molecule has 0 aromatic carbocycles. The summed E-state index contributed by atoms with van der Waals surface area (Å²) in [5.74, 6) is 0.295. The molecule has 1 atom stereocenters. The SMILES string of the molecule is CCCCCC(C)(C)C(=O)N[C@@H]1CCC(=O)N(C)C1. The van der Waals surface area contributed by atoms with Crippen LogP contribution in [-0.2, 0) is 9.59 Å². The first-order chi connectivity index (χ1) is 8.86. The van der Waals surface area contributed by atoms with Crippen LogP contribution in [0.15, 0.2) is 0 Å². The van der Waals surface area contributed by atoms with Gasteiger partial charge in [0, 0.05) is 31.5 Å². The van der Waals surface area contributed by atoms with Crippen molar-refractivity contribution in [2.45, 2.75) is 65.3 Å². The lowest BCUT2D eigenvalue weighted by Crippen LogP contribution is -2.51. The number of nitrogens with zero attached hydrogens (tertiary/aromatic N) is 1. The van der Waals surface area contributed by atoms with Gasteiger partial charge in [-0.2, -0.15) is 0 Å². The van der Waals surface area contributed by atoms with Crippen LogP contribution in [0.25, 0.3) is 0 Å². The molecule has 4 heteroatoms. The van der Waals surface area contributed by atoms with E-state index in [0.717, 1.165) is 19.3 Å². The van der Waals surface area contributed by atoms with E-state index in [4.69, 9.17) is 0 Å². The second kappa shape index (κ2) is 6.92. The Kier molecular flexibility index (Phi) is 5.83. The maximum atomic E-state index is 12.3. The number of amides is 2. The first-order valence-electron chi connectivity index (χ1n) is 7.41. The summed E-state index contributed by atoms with van der Waals surface area (Å²) in [5.41, 5.74) is -0.310. The second-order valence-corrected chi connectivity index (χ2v) is 6.32. The van der Waals surface area contributed by atoms with Crippen molar-refractivity contribution < 1.29 is 9.59 Å². The van der Waals surface area contributed by atoms with Crippen LogP contribution in [0.3, 0.4) is 0 Å². The number of unbranched alkanes of at least 4 members (excludes halogenated alkanes) is 2. The highest BCUT2D eigenvalue weighted by Gasteiger charge is 2.31. The molecule has 1 saturated heterocycles. The molecule has 0 aliphatic carbocycles. The molecule has 0 aromatic rings. The molecule has 4 nitrogen and oxygen atoms in total. The summed E-state index contributed by atoms with van der Waals surface area (Å²) >= 11 is 0. The molecule has 1 heterocycles. The zero-order valence-electron chi connectivity index (χ0n) is 12.8. The maximum absolute atomic E-state index is 12.3. The number of carbonyl (C=O) groups is 2. The molecule has 1 fully saturated rings. The smallest absolute Gasteiger partial charge is 0.225 e. The van der Waals surface area contributed by atoms with E-state index in [1.54, 1.807) is 11.9 Å². The van der Waals surface area contributed by atoms with Gasteiger partial charge in [-0.1, -0.05) is 40.0 Å². The fourth-order valence-corrected chi connectivity index (χ4v) is 2.44. The van der Waals surface area contributed by atoms with Gasteiger partial charge in [0.05, 0.1) is 0 Å². The number of hydrogen-bond donors (Lipinski definition) is 1. The second-order valence-electron chi connectivity index (χ2n) is 6.32. The lowest BCUT2D eigenvalue weighted by atomic mass is 9.85. The molecule has 1 rings (SSSR count). The molecule has 2 amide bonds. The summed E-state index contributed by atoms with van der Waals surface area (Å²) in [7, 11) is 1.80. The van der Waals surface area contributed by atoms with Gasteiger partial charge in [-0.25, -0.2) is 0 Å². The molecule has 0 saturated carbocycles. The minimum atomic E-state index is -0.310. The molecule has 1 N–H and O–H groups in total. The number of rotatable bonds is 6. The first-order valence-corrected chi connectivity index (χ1v) is 7.41. The van der Waals surface area contributed by atoms with E-state index < -0.39 is 0 Å². The standard InChI is InChI=1S/C15H28N2O2/c1-5-6-7-10-15(2,3)14(19)16-12-8-9-13(18)17(4)11-12/h12H,5-11H2,1-4H3,(H,16,19)/t12-/m1/s1. The van der Waals surface area contributed by atoms with E-state index in [1.807, 2.05) is 13.8 Å². The lowest BCUT2D eigenvalue weighted by Gasteiger charge is -2.33. The van der Waals surface area contributed by atoms with E-state index in [2.05, 4.69) is 12.2 Å². The van der Waals surface area contributed by atoms with Crippen molar-refractivity contribution in [3.63, 3.8) is 0 Å². The highest BCUT2D eigenvalue weighted by atomic mass is 16.2. The highest BCUT2D eigenvalue weighted by Crippen LogP contribution is 2.24. The Bertz CT molecular complexity index is 326. The van der Waals surface area contributed by atoms with Gasteiger partial charge >= 0.3 is 0 Å². The van der Waals surface area contributed by atoms with Crippen molar-refractivity contribution in [2.24, 2.45) is 5.41 Å². The van der Waals surface area contributed by atoms with Gasteiger partial charge in [0.15, 0.2) is 0 Å². The Morgan fingerprint density at radius 1 is 1.42 bits per heavy atom. The number of carbonyl (C=O) groups excluding carboxylic acids is 2. The Morgan fingerprint density at radius 2 is 2.11 bits per heavy atom. The molecule has 1 aliphatic rings. The quantitative estimate of drug-likeness (QED) is 0.752. The number of likely N-dealkylation sites (tertiary alicyclic amines) is 1. The van der Waals surface area contributed by atoms with Gasteiger partial charge in [0.25, 0.3) is 0 Å².